The van der Waals surface area contributed by atoms with Gasteiger partial charge in [-0.15, -0.1) is 0 Å². The Hall–Kier alpha value is -1.59. The number of carbonyl (C=O) groups is 1. The van der Waals surface area contributed by atoms with Crippen molar-refractivity contribution in [3.8, 4) is 11.5 Å². The predicted octanol–water partition coefficient (Wildman–Crippen LogP) is 0.106. The van der Waals surface area contributed by atoms with Crippen LogP contribution in [0.25, 0.3) is 0 Å². The van der Waals surface area contributed by atoms with Crippen LogP contribution in [0.5, 0.6) is 11.5 Å². The van der Waals surface area contributed by atoms with Gasteiger partial charge in [0.05, 0.1) is 13.7 Å². The molecule has 1 aromatic carbocycles. The van der Waals surface area contributed by atoms with Crippen LogP contribution in [0.1, 0.15) is 0 Å². The minimum Gasteiger partial charge on any atom is -0.493 e. The summed E-state index contributed by atoms with van der Waals surface area (Å²) in [6.07, 6.45) is 0. The zero-order valence-corrected chi connectivity index (χ0v) is 8.53. The van der Waals surface area contributed by atoms with Gasteiger partial charge in [-0.25, -0.2) is 0 Å². The fraction of sp³-hybridized carbons (Fsp3) is 0.300. The third kappa shape index (κ3) is 3.57. The number of ether oxygens (including phenoxy) is 2. The lowest BCUT2D eigenvalue weighted by Gasteiger charge is -2.09. The summed E-state index contributed by atoms with van der Waals surface area (Å²) in [6.45, 7) is 0.0692. The first-order valence-corrected chi connectivity index (χ1v) is 4.49. The fourth-order valence-electron chi connectivity index (χ4n) is 1.06. The first-order chi connectivity index (χ1) is 7.27. The Kier molecular flexibility index (Phi) is 4.59. The second kappa shape index (κ2) is 6.00. The average Bonchev–Trinajstić information content (AvgIpc) is 2.27. The highest BCUT2D eigenvalue weighted by Crippen LogP contribution is 2.25. The van der Waals surface area contributed by atoms with E-state index in [2.05, 4.69) is 5.43 Å². The van der Waals surface area contributed by atoms with Crippen molar-refractivity contribution in [3.63, 3.8) is 0 Å². The number of hydrogen-bond donors (Lipinski definition) is 2. The van der Waals surface area contributed by atoms with Crippen molar-refractivity contribution >= 4 is 5.78 Å². The smallest absolute Gasteiger partial charge is 0.185 e. The molecular weight excluding hydrogens is 196 g/mol. The second-order valence-electron chi connectivity index (χ2n) is 2.86. The summed E-state index contributed by atoms with van der Waals surface area (Å²) in [5.41, 5.74) is 2.27. The van der Waals surface area contributed by atoms with E-state index in [1.807, 2.05) is 12.1 Å². The highest BCUT2D eigenvalue weighted by Gasteiger charge is 2.05. The van der Waals surface area contributed by atoms with Crippen LogP contribution < -0.4 is 20.7 Å². The Balaban J connectivity index is 2.53. The quantitative estimate of drug-likeness (QED) is 0.515. The van der Waals surface area contributed by atoms with Gasteiger partial charge in [0.25, 0.3) is 0 Å². The first-order valence-electron chi connectivity index (χ1n) is 4.49. The maximum Gasteiger partial charge on any atom is 0.185 e. The highest BCUT2D eigenvalue weighted by atomic mass is 16.5. The molecule has 0 aliphatic heterocycles. The number of methoxy groups -OCH3 is 1. The summed E-state index contributed by atoms with van der Waals surface area (Å²) in [7, 11) is 1.55. The molecule has 0 bridgehead atoms. The van der Waals surface area contributed by atoms with Crippen LogP contribution in [0.2, 0.25) is 0 Å². The lowest BCUT2D eigenvalue weighted by atomic mass is 10.3. The highest BCUT2D eigenvalue weighted by molar-refractivity contribution is 5.81. The molecule has 5 heteroatoms. The lowest BCUT2D eigenvalue weighted by molar-refractivity contribution is -0.120. The van der Waals surface area contributed by atoms with E-state index in [0.717, 1.165) is 0 Å². The van der Waals surface area contributed by atoms with Crippen molar-refractivity contribution in [1.82, 2.24) is 5.43 Å². The second-order valence-corrected chi connectivity index (χ2v) is 2.86. The van der Waals surface area contributed by atoms with E-state index in [1.165, 1.54) is 0 Å². The largest absolute Gasteiger partial charge is 0.493 e. The van der Waals surface area contributed by atoms with Gasteiger partial charge in [0, 0.05) is 0 Å². The third-order valence-electron chi connectivity index (χ3n) is 1.76. The standard InChI is InChI=1S/C10H14N2O3/c1-14-9-4-2-3-5-10(9)15-7-8(13)6-12-11/h2-5,12H,6-7,11H2,1H3. The predicted molar refractivity (Wildman–Crippen MR) is 55.7 cm³/mol. The number of hydrogen-bond acceptors (Lipinski definition) is 5. The van der Waals surface area contributed by atoms with Gasteiger partial charge in [0.2, 0.25) is 0 Å². The number of carbonyl (C=O) groups excluding carboxylic acids is 1. The van der Waals surface area contributed by atoms with Crippen LogP contribution in [0, 0.1) is 0 Å². The van der Waals surface area contributed by atoms with Gasteiger partial charge >= 0.3 is 0 Å². The van der Waals surface area contributed by atoms with Gasteiger partial charge < -0.3 is 9.47 Å². The molecule has 3 N–H and O–H groups in total. The maximum absolute atomic E-state index is 11.1. The molecule has 0 saturated heterocycles. The topological polar surface area (TPSA) is 73.6 Å². The molecule has 0 atom stereocenters. The van der Waals surface area contributed by atoms with Crippen molar-refractivity contribution in [2.24, 2.45) is 5.84 Å². The maximum atomic E-state index is 11.1. The summed E-state index contributed by atoms with van der Waals surface area (Å²) >= 11 is 0. The molecule has 0 heterocycles. The van der Waals surface area contributed by atoms with Gasteiger partial charge in [-0.05, 0) is 12.1 Å². The molecule has 0 unspecified atom stereocenters. The Morgan fingerprint density at radius 2 is 2.07 bits per heavy atom. The minimum atomic E-state index is -0.122. The van der Waals surface area contributed by atoms with Gasteiger partial charge in [-0.1, -0.05) is 12.1 Å². The van der Waals surface area contributed by atoms with E-state index in [-0.39, 0.29) is 18.9 Å². The molecule has 0 saturated carbocycles. The van der Waals surface area contributed by atoms with Gasteiger partial charge in [-0.2, -0.15) is 0 Å². The molecule has 5 nitrogen and oxygen atoms in total. The molecule has 0 fully saturated rings. The molecule has 0 radical (unpaired) electrons. The average molecular weight is 210 g/mol. The Bertz CT molecular complexity index is 328. The normalized spacial score (nSPS) is 9.73. The van der Waals surface area contributed by atoms with E-state index in [1.54, 1.807) is 19.2 Å². The Morgan fingerprint density at radius 1 is 1.40 bits per heavy atom. The van der Waals surface area contributed by atoms with E-state index in [9.17, 15) is 4.79 Å². The number of Topliss-reactive ketones (excluding diaryl/α,β-unsaturated/α-hetero) is 1. The number of nitrogens with one attached hydrogen (secondary N) is 1. The van der Waals surface area contributed by atoms with E-state index >= 15 is 0 Å². The molecule has 0 amide bonds. The van der Waals surface area contributed by atoms with Crippen molar-refractivity contribution in [1.29, 1.82) is 0 Å². The molecule has 0 aliphatic carbocycles. The molecule has 0 aliphatic rings. The molecule has 1 aromatic rings. The van der Waals surface area contributed by atoms with Crippen LogP contribution in [0.15, 0.2) is 24.3 Å². The van der Waals surface area contributed by atoms with Crippen LogP contribution in [0.4, 0.5) is 0 Å². The van der Waals surface area contributed by atoms with E-state index in [4.69, 9.17) is 15.3 Å². The molecule has 82 valence electrons. The van der Waals surface area contributed by atoms with Crippen LogP contribution in [-0.2, 0) is 4.79 Å². The molecular formula is C10H14N2O3. The Morgan fingerprint density at radius 3 is 2.67 bits per heavy atom. The zero-order chi connectivity index (χ0) is 11.1. The number of ketones is 1. The van der Waals surface area contributed by atoms with Gasteiger partial charge in [0.1, 0.15) is 6.61 Å². The van der Waals surface area contributed by atoms with Crippen molar-refractivity contribution < 1.29 is 14.3 Å². The number of hydrazine groups is 1. The monoisotopic (exact) mass is 210 g/mol. The van der Waals surface area contributed by atoms with Crippen LogP contribution in [0.3, 0.4) is 0 Å². The van der Waals surface area contributed by atoms with Gasteiger partial charge in [0.15, 0.2) is 17.3 Å². The minimum absolute atomic E-state index is 0.0232. The molecule has 0 aromatic heterocycles. The fourth-order valence-corrected chi connectivity index (χ4v) is 1.06. The van der Waals surface area contributed by atoms with Crippen molar-refractivity contribution in [2.45, 2.75) is 0 Å². The third-order valence-corrected chi connectivity index (χ3v) is 1.76. The van der Waals surface area contributed by atoms with Crippen LogP contribution in [-0.4, -0.2) is 26.0 Å². The summed E-state index contributed by atoms with van der Waals surface area (Å²) < 4.78 is 10.3. The zero-order valence-electron chi connectivity index (χ0n) is 8.53. The summed E-state index contributed by atoms with van der Waals surface area (Å²) in [5.74, 6) is 6.03. The SMILES string of the molecule is COc1ccccc1OCC(=O)CNN. The summed E-state index contributed by atoms with van der Waals surface area (Å²) in [5, 5.41) is 0. The van der Waals surface area contributed by atoms with Crippen molar-refractivity contribution in [2.75, 3.05) is 20.3 Å². The molecule has 15 heavy (non-hydrogen) atoms. The first kappa shape index (κ1) is 11.5. The summed E-state index contributed by atoms with van der Waals surface area (Å²) in [4.78, 5) is 11.1. The van der Waals surface area contributed by atoms with E-state index < -0.39 is 0 Å². The molecule has 1 rings (SSSR count). The van der Waals surface area contributed by atoms with Crippen LogP contribution >= 0.6 is 0 Å². The van der Waals surface area contributed by atoms with E-state index in [0.29, 0.717) is 11.5 Å². The number of rotatable bonds is 6. The van der Waals surface area contributed by atoms with Gasteiger partial charge in [-0.3, -0.25) is 16.1 Å². The molecule has 0 spiro atoms. The number of benzene rings is 1. The summed E-state index contributed by atoms with van der Waals surface area (Å²) in [6, 6.07) is 7.14. The van der Waals surface area contributed by atoms with Crippen molar-refractivity contribution in [3.05, 3.63) is 24.3 Å². The Labute approximate surface area is 88.1 Å². The number of para-hydroxylation sites is 2. The number of nitrogens with two attached hydrogens (primary N) is 1. The lowest BCUT2D eigenvalue weighted by Crippen LogP contribution is -2.31.